The molecule has 0 aliphatic carbocycles. The molecule has 0 fully saturated rings. The van der Waals surface area contributed by atoms with Gasteiger partial charge in [0.1, 0.15) is 5.65 Å². The second-order valence-corrected chi connectivity index (χ2v) is 17.8. The van der Waals surface area contributed by atoms with Crippen LogP contribution in [0.15, 0.2) is 212 Å². The van der Waals surface area contributed by atoms with Crippen molar-refractivity contribution in [1.82, 2.24) is 14.1 Å². The van der Waals surface area contributed by atoms with E-state index in [0.29, 0.717) is 28.2 Å². The van der Waals surface area contributed by atoms with E-state index in [4.69, 9.17) is 13.8 Å². The molecule has 71 heavy (non-hydrogen) atoms. The number of hydrogen-bond donors (Lipinski definition) is 0. The van der Waals surface area contributed by atoms with Crippen molar-refractivity contribution in [2.24, 2.45) is 6.98 Å². The maximum absolute atomic E-state index is 8.18. The molecule has 8 nitrogen and oxygen atoms in total. The summed E-state index contributed by atoms with van der Waals surface area (Å²) in [4.78, 5) is 12.5. The number of rotatable bonds is 7. The van der Waals surface area contributed by atoms with E-state index in [1.54, 1.807) is 10.6 Å². The number of nitrogens with zero attached hydrogens (tertiary/aromatic N) is 7. The number of benzene rings is 9. The SMILES string of the molecule is [2H]C([2H])([2H])[n+]1[c-]n(-c2[c-]c(Oc3[c-]c(-n4c5cc6c7c(c5c5cccnc54)N(c4ccccc4)c4cccc5c4B7c4c(cccc4N6c4ccccc4)N5c4ccccc4)ccc3)ccc2)c2ccccc21.[Pt]. The molecule has 0 unspecified atom stereocenters. The Morgan fingerprint density at radius 3 is 1.72 bits per heavy atom. The van der Waals surface area contributed by atoms with Gasteiger partial charge in [-0.15, -0.1) is 30.3 Å². The minimum Gasteiger partial charge on any atom is -0.510 e. The van der Waals surface area contributed by atoms with Crippen LogP contribution in [0.3, 0.4) is 0 Å². The van der Waals surface area contributed by atoms with Crippen LogP contribution in [0.25, 0.3) is 44.3 Å². The normalized spacial score (nSPS) is 13.7. The maximum atomic E-state index is 8.18. The summed E-state index contributed by atoms with van der Waals surface area (Å²) in [6.45, 7) is -2.52. The molecular weight excluding hydrogens is 1050 g/mol. The van der Waals surface area contributed by atoms with Gasteiger partial charge in [-0.05, 0) is 95.3 Å². The van der Waals surface area contributed by atoms with Crippen molar-refractivity contribution in [3.8, 4) is 22.9 Å². The van der Waals surface area contributed by atoms with Gasteiger partial charge in [-0.1, -0.05) is 102 Å². The van der Waals surface area contributed by atoms with E-state index in [-0.39, 0.29) is 27.8 Å². The standard InChI is InChI=1S/C61H38BN7O.Pt/c1-64-39-65(49-30-12-11-29-48(49)64)43-24-13-26-45(36-43)70-46-27-14-25-44(37-46)69-54-38-55-59-60(56(54)47-28-17-35-63-61(47)69)68(42-22-9-4-10-23-42)53-34-16-32-51-58(53)62(59)57-50(66(51)40-18-5-2-6-19-40)31-15-33-52(57)67(55)41-20-7-3-8-21-41;/h2-35,38H,1H3;/q-2;/i1D3;. The molecule has 0 atom stereocenters. The number of hydrogen-bond acceptors (Lipinski definition) is 5. The summed E-state index contributed by atoms with van der Waals surface area (Å²) >= 11 is 0. The van der Waals surface area contributed by atoms with Gasteiger partial charge in [-0.25, -0.2) is 4.98 Å². The Hall–Kier alpha value is -8.65. The van der Waals surface area contributed by atoms with Crippen molar-refractivity contribution in [3.63, 3.8) is 0 Å². The van der Waals surface area contributed by atoms with Crippen molar-refractivity contribution in [1.29, 1.82) is 0 Å². The second kappa shape index (κ2) is 16.0. The molecule has 3 aliphatic rings. The van der Waals surface area contributed by atoms with Gasteiger partial charge in [0.05, 0.1) is 33.3 Å². The molecule has 6 heterocycles. The van der Waals surface area contributed by atoms with E-state index in [1.807, 2.05) is 66.9 Å². The van der Waals surface area contributed by atoms with Crippen molar-refractivity contribution >= 4 is 107 Å². The van der Waals surface area contributed by atoms with Crippen molar-refractivity contribution in [3.05, 3.63) is 231 Å². The topological polar surface area (TPSA) is 45.6 Å². The van der Waals surface area contributed by atoms with E-state index in [1.165, 1.54) is 21.0 Å². The molecule has 0 saturated carbocycles. The molecule has 10 heteroatoms. The quantitative estimate of drug-likeness (QED) is 0.0904. The van der Waals surface area contributed by atoms with Crippen LogP contribution in [0.5, 0.6) is 11.5 Å². The largest absolute Gasteiger partial charge is 0.510 e. The molecule has 0 amide bonds. The third-order valence-electron chi connectivity index (χ3n) is 14.0. The molecule has 15 rings (SSSR count). The number of anilines is 9. The monoisotopic (exact) mass is 1090 g/mol. The number of aromatic nitrogens is 4. The fourth-order valence-corrected chi connectivity index (χ4v) is 11.4. The average Bonchev–Trinajstić information content (AvgIpc) is 4.14. The first-order valence-electron chi connectivity index (χ1n) is 24.8. The van der Waals surface area contributed by atoms with E-state index in [0.717, 1.165) is 78.8 Å². The number of pyridine rings is 1. The maximum Gasteiger partial charge on any atom is 0.257 e. The average molecular weight is 1090 g/mol. The van der Waals surface area contributed by atoms with E-state index in [2.05, 4.69) is 177 Å². The van der Waals surface area contributed by atoms with Gasteiger partial charge in [0.15, 0.2) is 0 Å². The predicted molar refractivity (Wildman–Crippen MR) is 282 cm³/mol. The summed E-state index contributed by atoms with van der Waals surface area (Å²) in [5.74, 6) is 0.905. The fourth-order valence-electron chi connectivity index (χ4n) is 11.4. The van der Waals surface area contributed by atoms with Crippen LogP contribution in [-0.2, 0) is 28.0 Å². The van der Waals surface area contributed by atoms with Gasteiger partial charge in [-0.2, -0.15) is 18.2 Å². The van der Waals surface area contributed by atoms with Gasteiger partial charge < -0.3 is 33.1 Å². The zero-order valence-electron chi connectivity index (χ0n) is 40.6. The van der Waals surface area contributed by atoms with Crippen LogP contribution in [0.1, 0.15) is 4.11 Å². The molecule has 0 bridgehead atoms. The van der Waals surface area contributed by atoms with Gasteiger partial charge in [0, 0.05) is 95.0 Å². The number of imidazole rings is 1. The predicted octanol–water partition coefficient (Wildman–Crippen LogP) is 12.0. The Morgan fingerprint density at radius 1 is 0.521 bits per heavy atom. The molecule has 3 aromatic heterocycles. The first-order valence-corrected chi connectivity index (χ1v) is 23.3. The summed E-state index contributed by atoms with van der Waals surface area (Å²) in [5.41, 5.74) is 18.0. The Labute approximate surface area is 429 Å². The first kappa shape index (κ1) is 38.2. The van der Waals surface area contributed by atoms with Gasteiger partial charge in [-0.3, -0.25) is 0 Å². The minimum absolute atomic E-state index is 0. The number of fused-ring (bicyclic) bond motifs is 5. The second-order valence-electron chi connectivity index (χ2n) is 17.8. The molecular formula is C61H38BN7OPt-2. The third kappa shape index (κ3) is 6.03. The Balaban J connectivity index is 0.00000505. The molecule has 338 valence electrons. The summed E-state index contributed by atoms with van der Waals surface area (Å²) < 4.78 is 36.3. The Bertz CT molecular complexity index is 4210. The van der Waals surface area contributed by atoms with Crippen molar-refractivity contribution in [2.75, 3.05) is 14.7 Å². The molecule has 0 spiro atoms. The zero-order chi connectivity index (χ0) is 48.5. The Kier molecular flexibility index (Phi) is 8.59. The molecule has 0 saturated heterocycles. The summed E-state index contributed by atoms with van der Waals surface area (Å²) in [5, 5.41) is 2.08. The fraction of sp³-hybridized carbons (Fsp3) is 0.0164. The van der Waals surface area contributed by atoms with E-state index in [9.17, 15) is 0 Å². The number of ether oxygens (including phenoxy) is 1. The number of aryl methyl sites for hydroxylation is 1. The smallest absolute Gasteiger partial charge is 0.257 e. The van der Waals surface area contributed by atoms with Crippen LogP contribution in [-0.4, -0.2) is 20.8 Å². The van der Waals surface area contributed by atoms with Crippen molar-refractivity contribution in [2.45, 2.75) is 0 Å². The molecule has 12 aromatic rings. The van der Waals surface area contributed by atoms with Gasteiger partial charge >= 0.3 is 0 Å². The van der Waals surface area contributed by atoms with Crippen LogP contribution in [0.4, 0.5) is 51.2 Å². The molecule has 3 aliphatic heterocycles. The van der Waals surface area contributed by atoms with Crippen LogP contribution < -0.4 is 40.4 Å². The van der Waals surface area contributed by atoms with E-state index >= 15 is 0 Å². The molecule has 0 radical (unpaired) electrons. The van der Waals surface area contributed by atoms with Gasteiger partial charge in [0.25, 0.3) is 6.71 Å². The van der Waals surface area contributed by atoms with E-state index < -0.39 is 6.98 Å². The van der Waals surface area contributed by atoms with Crippen LogP contribution >= 0.6 is 0 Å². The third-order valence-corrected chi connectivity index (χ3v) is 14.0. The first-order chi connectivity index (χ1) is 35.9. The minimum atomic E-state index is -2.42. The summed E-state index contributed by atoms with van der Waals surface area (Å²) in [6.07, 6.45) is 4.90. The van der Waals surface area contributed by atoms with Gasteiger partial charge in [0.2, 0.25) is 6.33 Å². The van der Waals surface area contributed by atoms with Crippen LogP contribution in [0.2, 0.25) is 0 Å². The van der Waals surface area contributed by atoms with Crippen molar-refractivity contribution < 1.29 is 34.5 Å². The number of para-hydroxylation sites is 5. The summed E-state index contributed by atoms with van der Waals surface area (Å²) in [6, 6.07) is 78.1. The molecule has 9 aromatic carbocycles. The molecule has 0 N–H and O–H groups in total. The summed E-state index contributed by atoms with van der Waals surface area (Å²) in [7, 11) is 0. The van der Waals surface area contributed by atoms with Crippen LogP contribution in [0, 0.1) is 18.5 Å². The zero-order valence-corrected chi connectivity index (χ0v) is 39.9. The Morgan fingerprint density at radius 2 is 1.07 bits per heavy atom.